The smallest absolute Gasteiger partial charge is 0.274 e. The summed E-state index contributed by atoms with van der Waals surface area (Å²) in [4.78, 5) is 31.6. The first-order chi connectivity index (χ1) is 17.3. The molecular weight excluding hydrogens is 488 g/mol. The van der Waals surface area contributed by atoms with Crippen molar-refractivity contribution in [2.45, 2.75) is 45.8 Å². The van der Waals surface area contributed by atoms with Gasteiger partial charge >= 0.3 is 0 Å². The van der Waals surface area contributed by atoms with E-state index in [-0.39, 0.29) is 11.5 Å². The van der Waals surface area contributed by atoms with Crippen molar-refractivity contribution in [1.29, 1.82) is 0 Å². The van der Waals surface area contributed by atoms with E-state index in [0.717, 1.165) is 5.56 Å². The summed E-state index contributed by atoms with van der Waals surface area (Å²) < 4.78 is 0. The Bertz CT molecular complexity index is 1450. The number of rotatable bonds is 6. The Morgan fingerprint density at radius 3 is 2.16 bits per heavy atom. The summed E-state index contributed by atoms with van der Waals surface area (Å²) in [5, 5.41) is 13.6. The lowest BCUT2D eigenvalue weighted by Gasteiger charge is -2.27. The van der Waals surface area contributed by atoms with Crippen LogP contribution in [0.15, 0.2) is 60.7 Å². The third-order valence-corrected chi connectivity index (χ3v) is 6.02. The second-order valence-electron chi connectivity index (χ2n) is 9.89. The van der Waals surface area contributed by atoms with Gasteiger partial charge in [0, 0.05) is 16.8 Å². The highest BCUT2D eigenvalue weighted by Crippen LogP contribution is 2.32. The van der Waals surface area contributed by atoms with Gasteiger partial charge in [-0.25, -0.2) is 15.0 Å². The number of nitrogens with two attached hydrogens (primary N) is 1. The molecule has 8 nitrogen and oxygen atoms in total. The number of nitrogens with one attached hydrogen (secondary N) is 1. The van der Waals surface area contributed by atoms with Gasteiger partial charge in [0.15, 0.2) is 11.5 Å². The highest BCUT2D eigenvalue weighted by atomic mass is 35.5. The number of carbonyl (C=O) groups is 1. The lowest BCUT2D eigenvalue weighted by atomic mass is 9.97. The zero-order chi connectivity index (χ0) is 27.0. The van der Waals surface area contributed by atoms with Crippen LogP contribution in [-0.4, -0.2) is 30.9 Å². The molecule has 4 aromatic rings. The number of nitrogen functional groups attached to an aromatic ring is 1. The first-order valence-electron chi connectivity index (χ1n) is 11.8. The number of halogens is 1. The van der Waals surface area contributed by atoms with Gasteiger partial charge < -0.3 is 16.2 Å². The minimum atomic E-state index is -1.13. The zero-order valence-electron chi connectivity index (χ0n) is 21.4. The minimum Gasteiger partial charge on any atom is -0.384 e. The third-order valence-electron chi connectivity index (χ3n) is 5.82. The number of aliphatic hydroxyl groups is 1. The Morgan fingerprint density at radius 1 is 0.865 bits per heavy atom. The summed E-state index contributed by atoms with van der Waals surface area (Å²) in [6.45, 7) is 8.77. The molecule has 3 aromatic heterocycles. The van der Waals surface area contributed by atoms with Gasteiger partial charge in [-0.2, -0.15) is 0 Å². The molecule has 0 aliphatic heterocycles. The van der Waals surface area contributed by atoms with Crippen LogP contribution in [-0.2, 0) is 11.1 Å². The fourth-order valence-electron chi connectivity index (χ4n) is 3.91. The molecule has 0 fully saturated rings. The molecule has 0 aliphatic rings. The van der Waals surface area contributed by atoms with Crippen LogP contribution in [0.1, 0.15) is 55.3 Å². The Hall–Kier alpha value is -3.88. The fraction of sp³-hybridized carbons (Fsp3) is 0.250. The molecule has 0 radical (unpaired) electrons. The highest BCUT2D eigenvalue weighted by Gasteiger charge is 2.29. The van der Waals surface area contributed by atoms with Crippen LogP contribution in [0.5, 0.6) is 0 Å². The van der Waals surface area contributed by atoms with Crippen molar-refractivity contribution in [2.75, 3.05) is 5.73 Å². The topological polar surface area (TPSA) is 127 Å². The maximum Gasteiger partial charge on any atom is 0.274 e. The van der Waals surface area contributed by atoms with Crippen molar-refractivity contribution < 1.29 is 9.90 Å². The monoisotopic (exact) mass is 516 g/mol. The van der Waals surface area contributed by atoms with Crippen LogP contribution < -0.4 is 11.1 Å². The second kappa shape index (κ2) is 9.88. The van der Waals surface area contributed by atoms with E-state index < -0.39 is 17.0 Å². The highest BCUT2D eigenvalue weighted by molar-refractivity contribution is 6.29. The second-order valence-corrected chi connectivity index (χ2v) is 10.3. The number of anilines is 1. The number of nitrogens with zero attached hydrogens (tertiary/aromatic N) is 4. The standard InChI is InChI=1S/C28H29ClN6O2/c1-16-14-18(15-21(29)31-16)23-22(17-10-7-6-8-11-17)34-25(30)24(33-23)26(36)35-27(2,3)19-12-9-13-20(32-19)28(4,5)37/h6-15,37H,1-5H3,(H2,30,34)(H,35,36). The maximum atomic E-state index is 13.5. The van der Waals surface area contributed by atoms with Crippen LogP contribution >= 0.6 is 11.6 Å². The molecular formula is C28H29ClN6O2. The summed E-state index contributed by atoms with van der Waals surface area (Å²) in [6, 6.07) is 18.3. The number of amides is 1. The van der Waals surface area contributed by atoms with E-state index in [4.69, 9.17) is 17.3 Å². The Balaban J connectivity index is 1.78. The third kappa shape index (κ3) is 5.76. The van der Waals surface area contributed by atoms with E-state index in [1.54, 1.807) is 38.1 Å². The molecule has 37 heavy (non-hydrogen) atoms. The number of aryl methyl sites for hydroxylation is 1. The molecule has 4 rings (SSSR count). The largest absolute Gasteiger partial charge is 0.384 e. The lowest BCUT2D eigenvalue weighted by Crippen LogP contribution is -2.42. The van der Waals surface area contributed by atoms with Crippen molar-refractivity contribution >= 4 is 23.3 Å². The van der Waals surface area contributed by atoms with E-state index in [1.807, 2.05) is 57.2 Å². The van der Waals surface area contributed by atoms with Crippen molar-refractivity contribution in [3.05, 3.63) is 88.6 Å². The summed E-state index contributed by atoms with van der Waals surface area (Å²) in [5.74, 6) is -0.519. The lowest BCUT2D eigenvalue weighted by molar-refractivity contribution is 0.0732. The van der Waals surface area contributed by atoms with E-state index >= 15 is 0 Å². The van der Waals surface area contributed by atoms with Crippen LogP contribution in [0.25, 0.3) is 22.5 Å². The molecule has 0 aliphatic carbocycles. The van der Waals surface area contributed by atoms with E-state index in [2.05, 4.69) is 25.3 Å². The van der Waals surface area contributed by atoms with Gasteiger partial charge in [0.2, 0.25) is 0 Å². The maximum absolute atomic E-state index is 13.5. The van der Waals surface area contributed by atoms with E-state index in [9.17, 15) is 9.90 Å². The number of aromatic nitrogens is 4. The average Bonchev–Trinajstić information content (AvgIpc) is 2.83. The predicted molar refractivity (Wildman–Crippen MR) is 145 cm³/mol. The van der Waals surface area contributed by atoms with E-state index in [1.165, 1.54) is 0 Å². The molecule has 0 atom stereocenters. The zero-order valence-corrected chi connectivity index (χ0v) is 22.1. The summed E-state index contributed by atoms with van der Waals surface area (Å²) in [6.07, 6.45) is 0. The molecule has 1 aromatic carbocycles. The number of benzene rings is 1. The van der Waals surface area contributed by atoms with Gasteiger partial charge in [-0.05, 0) is 58.9 Å². The molecule has 0 saturated carbocycles. The average molecular weight is 517 g/mol. The first-order valence-corrected chi connectivity index (χ1v) is 12.1. The van der Waals surface area contributed by atoms with E-state index in [0.29, 0.717) is 39.2 Å². The van der Waals surface area contributed by atoms with Crippen molar-refractivity contribution in [3.63, 3.8) is 0 Å². The molecule has 1 amide bonds. The summed E-state index contributed by atoms with van der Waals surface area (Å²) in [5.41, 5.74) is 8.44. The van der Waals surface area contributed by atoms with Crippen molar-refractivity contribution in [3.8, 4) is 22.5 Å². The van der Waals surface area contributed by atoms with Gasteiger partial charge in [-0.3, -0.25) is 9.78 Å². The van der Waals surface area contributed by atoms with Gasteiger partial charge in [0.1, 0.15) is 10.8 Å². The van der Waals surface area contributed by atoms with Crippen LogP contribution in [0.3, 0.4) is 0 Å². The van der Waals surface area contributed by atoms with Crippen LogP contribution in [0.2, 0.25) is 5.15 Å². The number of hydrogen-bond acceptors (Lipinski definition) is 7. The molecule has 4 N–H and O–H groups in total. The molecule has 3 heterocycles. The first kappa shape index (κ1) is 26.2. The molecule has 190 valence electrons. The van der Waals surface area contributed by atoms with Gasteiger partial charge in [-0.1, -0.05) is 48.0 Å². The van der Waals surface area contributed by atoms with Gasteiger partial charge in [0.05, 0.1) is 28.3 Å². The summed E-state index contributed by atoms with van der Waals surface area (Å²) in [7, 11) is 0. The van der Waals surface area contributed by atoms with Crippen LogP contribution in [0.4, 0.5) is 5.82 Å². The molecule has 0 spiro atoms. The Labute approximate surface area is 221 Å². The predicted octanol–water partition coefficient (Wildman–Crippen LogP) is 5.04. The fourth-order valence-corrected chi connectivity index (χ4v) is 4.16. The molecule has 0 bridgehead atoms. The van der Waals surface area contributed by atoms with Crippen molar-refractivity contribution in [2.24, 2.45) is 0 Å². The Kier molecular flexibility index (Phi) is 6.99. The van der Waals surface area contributed by atoms with Gasteiger partial charge in [0.25, 0.3) is 5.91 Å². The minimum absolute atomic E-state index is 0.00835. The van der Waals surface area contributed by atoms with Crippen LogP contribution in [0, 0.1) is 6.92 Å². The number of hydrogen-bond donors (Lipinski definition) is 3. The molecule has 0 saturated heterocycles. The number of carbonyl (C=O) groups excluding carboxylic acids is 1. The SMILES string of the molecule is Cc1cc(-c2nc(C(=O)NC(C)(C)c3cccc(C(C)(C)O)n3)c(N)nc2-c2ccccc2)cc(Cl)n1. The van der Waals surface area contributed by atoms with Crippen molar-refractivity contribution in [1.82, 2.24) is 25.3 Å². The Morgan fingerprint density at radius 2 is 1.51 bits per heavy atom. The number of pyridine rings is 2. The van der Waals surface area contributed by atoms with Gasteiger partial charge in [-0.15, -0.1) is 0 Å². The quantitative estimate of drug-likeness (QED) is 0.306. The summed E-state index contributed by atoms with van der Waals surface area (Å²) >= 11 is 6.24. The normalized spacial score (nSPS) is 11.9. The molecule has 0 unspecified atom stereocenters. The molecule has 9 heteroatoms.